The van der Waals surface area contributed by atoms with Gasteiger partial charge in [-0.2, -0.15) is 8.42 Å². The standard InChI is InChI=1S/C6H12O3S/c7-5-3-1-2-4-6-10(8)9/h6-7H,1-5H2. The summed E-state index contributed by atoms with van der Waals surface area (Å²) in [5, 5.41) is 9.59. The van der Waals surface area contributed by atoms with E-state index in [4.69, 9.17) is 5.11 Å². The van der Waals surface area contributed by atoms with Gasteiger partial charge in [-0.1, -0.05) is 6.42 Å². The zero-order valence-electron chi connectivity index (χ0n) is 5.78. The normalized spacial score (nSPS) is 9.30. The predicted octanol–water partition coefficient (Wildman–Crippen LogP) is 0.220. The number of aliphatic hydroxyl groups is 1. The van der Waals surface area contributed by atoms with E-state index in [2.05, 4.69) is 0 Å². The molecule has 0 aromatic carbocycles. The van der Waals surface area contributed by atoms with Crippen LogP contribution in [0.4, 0.5) is 0 Å². The number of rotatable bonds is 5. The van der Waals surface area contributed by atoms with Crippen LogP contribution < -0.4 is 0 Å². The molecule has 3 nitrogen and oxygen atoms in total. The summed E-state index contributed by atoms with van der Waals surface area (Å²) >= 11 is 0. The molecule has 10 heavy (non-hydrogen) atoms. The Kier molecular flexibility index (Phi) is 6.53. The second kappa shape index (κ2) is 6.77. The lowest BCUT2D eigenvalue weighted by molar-refractivity contribution is 0.283. The van der Waals surface area contributed by atoms with Crippen LogP contribution in [0.3, 0.4) is 0 Å². The van der Waals surface area contributed by atoms with E-state index in [-0.39, 0.29) is 6.61 Å². The van der Waals surface area contributed by atoms with Crippen LogP contribution in [0.2, 0.25) is 0 Å². The van der Waals surface area contributed by atoms with Crippen molar-refractivity contribution in [3.05, 3.63) is 0 Å². The highest BCUT2D eigenvalue weighted by atomic mass is 32.2. The summed E-state index contributed by atoms with van der Waals surface area (Å²) in [7, 11) is -2.01. The van der Waals surface area contributed by atoms with Crippen molar-refractivity contribution in [3.63, 3.8) is 0 Å². The first-order valence-electron chi connectivity index (χ1n) is 3.29. The fourth-order valence-electron chi connectivity index (χ4n) is 0.612. The Morgan fingerprint density at radius 1 is 1.20 bits per heavy atom. The van der Waals surface area contributed by atoms with Crippen LogP contribution in [0.1, 0.15) is 25.7 Å². The third kappa shape index (κ3) is 7.65. The Labute approximate surface area is 62.2 Å². The molecule has 0 unspecified atom stereocenters. The molecule has 0 saturated heterocycles. The Morgan fingerprint density at radius 3 is 2.40 bits per heavy atom. The zero-order chi connectivity index (χ0) is 7.82. The molecule has 0 atom stereocenters. The molecule has 0 heterocycles. The van der Waals surface area contributed by atoms with E-state index in [1.54, 1.807) is 0 Å². The third-order valence-electron chi connectivity index (χ3n) is 1.12. The molecule has 0 saturated carbocycles. The van der Waals surface area contributed by atoms with Crippen LogP contribution in [0.25, 0.3) is 0 Å². The number of hydrogen-bond acceptors (Lipinski definition) is 3. The van der Waals surface area contributed by atoms with Crippen LogP contribution in [-0.4, -0.2) is 25.5 Å². The summed E-state index contributed by atoms with van der Waals surface area (Å²) in [4.78, 5) is 0. The van der Waals surface area contributed by atoms with Gasteiger partial charge in [0.25, 0.3) is 0 Å². The Hall–Kier alpha value is -0.350. The fourth-order valence-corrected chi connectivity index (χ4v) is 0.972. The Bertz CT molecular complexity index is 173. The summed E-state index contributed by atoms with van der Waals surface area (Å²) in [6.45, 7) is 0.195. The first-order valence-corrected chi connectivity index (χ1v) is 4.43. The third-order valence-corrected chi connectivity index (χ3v) is 1.62. The van der Waals surface area contributed by atoms with Crippen molar-refractivity contribution in [1.29, 1.82) is 0 Å². The van der Waals surface area contributed by atoms with Crippen molar-refractivity contribution in [2.45, 2.75) is 25.7 Å². The minimum atomic E-state index is -2.01. The topological polar surface area (TPSA) is 54.4 Å². The lowest BCUT2D eigenvalue weighted by Crippen LogP contribution is -1.83. The van der Waals surface area contributed by atoms with E-state index in [1.165, 1.54) is 5.37 Å². The largest absolute Gasteiger partial charge is 0.396 e. The molecule has 4 heteroatoms. The molecule has 60 valence electrons. The average molecular weight is 164 g/mol. The molecule has 0 radical (unpaired) electrons. The van der Waals surface area contributed by atoms with Crippen LogP contribution in [-0.2, 0) is 10.3 Å². The summed E-state index contributed by atoms with van der Waals surface area (Å²) in [5.74, 6) is 0. The SMILES string of the molecule is O=S(=O)=CCCCCCO. The van der Waals surface area contributed by atoms with E-state index >= 15 is 0 Å². The molecule has 0 rings (SSSR count). The van der Waals surface area contributed by atoms with Gasteiger partial charge in [-0.15, -0.1) is 0 Å². The van der Waals surface area contributed by atoms with Crippen molar-refractivity contribution in [3.8, 4) is 0 Å². The van der Waals surface area contributed by atoms with Gasteiger partial charge in [0.15, 0.2) is 0 Å². The molecule has 0 bridgehead atoms. The highest BCUT2D eigenvalue weighted by Gasteiger charge is 1.84. The lowest BCUT2D eigenvalue weighted by atomic mass is 10.2. The quantitative estimate of drug-likeness (QED) is 0.467. The van der Waals surface area contributed by atoms with E-state index < -0.39 is 10.3 Å². The molecular formula is C6H12O3S. The first kappa shape index (κ1) is 9.65. The van der Waals surface area contributed by atoms with Gasteiger partial charge in [-0.25, -0.2) is 0 Å². The second-order valence-electron chi connectivity index (χ2n) is 2.00. The zero-order valence-corrected chi connectivity index (χ0v) is 6.60. The first-order chi connectivity index (χ1) is 4.77. The summed E-state index contributed by atoms with van der Waals surface area (Å²) in [6, 6.07) is 0. The van der Waals surface area contributed by atoms with E-state index in [0.29, 0.717) is 6.42 Å². The van der Waals surface area contributed by atoms with Gasteiger partial charge in [0.1, 0.15) is 0 Å². The highest BCUT2D eigenvalue weighted by Crippen LogP contribution is 1.95. The number of hydrogen-bond donors (Lipinski definition) is 1. The Balaban J connectivity index is 3.14. The van der Waals surface area contributed by atoms with Gasteiger partial charge < -0.3 is 5.11 Å². The van der Waals surface area contributed by atoms with Gasteiger partial charge in [-0.3, -0.25) is 0 Å². The maximum atomic E-state index is 9.93. The van der Waals surface area contributed by atoms with Crippen LogP contribution >= 0.6 is 0 Å². The average Bonchev–Trinajstić information content (AvgIpc) is 1.87. The molecule has 0 amide bonds. The van der Waals surface area contributed by atoms with Crippen molar-refractivity contribution >= 4 is 15.7 Å². The van der Waals surface area contributed by atoms with E-state index in [0.717, 1.165) is 19.3 Å². The summed E-state index contributed by atoms with van der Waals surface area (Å²) < 4.78 is 19.9. The molecular weight excluding hydrogens is 152 g/mol. The Morgan fingerprint density at radius 2 is 1.90 bits per heavy atom. The monoisotopic (exact) mass is 164 g/mol. The van der Waals surface area contributed by atoms with Crippen LogP contribution in [0.5, 0.6) is 0 Å². The van der Waals surface area contributed by atoms with Crippen LogP contribution in [0, 0.1) is 0 Å². The van der Waals surface area contributed by atoms with Crippen molar-refractivity contribution in [1.82, 2.24) is 0 Å². The maximum Gasteiger partial charge on any atom is 0.209 e. The summed E-state index contributed by atoms with van der Waals surface area (Å²) in [6.07, 6.45) is 3.09. The molecule has 0 aliphatic rings. The smallest absolute Gasteiger partial charge is 0.209 e. The minimum Gasteiger partial charge on any atom is -0.396 e. The molecule has 0 aromatic heterocycles. The second-order valence-corrected chi connectivity index (χ2v) is 2.85. The maximum absolute atomic E-state index is 9.93. The fraction of sp³-hybridized carbons (Fsp3) is 0.833. The minimum absolute atomic E-state index is 0.195. The molecule has 0 spiro atoms. The lowest BCUT2D eigenvalue weighted by Gasteiger charge is -1.90. The van der Waals surface area contributed by atoms with Gasteiger partial charge >= 0.3 is 0 Å². The molecule has 0 aliphatic heterocycles. The molecule has 0 aliphatic carbocycles. The van der Waals surface area contributed by atoms with Gasteiger partial charge in [-0.05, 0) is 19.3 Å². The van der Waals surface area contributed by atoms with Crippen molar-refractivity contribution in [2.75, 3.05) is 6.61 Å². The van der Waals surface area contributed by atoms with Gasteiger partial charge in [0, 0.05) is 12.0 Å². The molecule has 1 N–H and O–H groups in total. The number of aliphatic hydroxyl groups excluding tert-OH is 1. The van der Waals surface area contributed by atoms with E-state index in [1.807, 2.05) is 0 Å². The van der Waals surface area contributed by atoms with Gasteiger partial charge in [0.05, 0.1) is 0 Å². The van der Waals surface area contributed by atoms with Crippen molar-refractivity contribution < 1.29 is 13.5 Å². The summed E-state index contributed by atoms with van der Waals surface area (Å²) in [5.41, 5.74) is 0. The highest BCUT2D eigenvalue weighted by molar-refractivity contribution is 7.71. The van der Waals surface area contributed by atoms with Gasteiger partial charge in [0.2, 0.25) is 10.3 Å². The van der Waals surface area contributed by atoms with Crippen molar-refractivity contribution in [2.24, 2.45) is 0 Å². The van der Waals surface area contributed by atoms with E-state index in [9.17, 15) is 8.42 Å². The number of unbranched alkanes of at least 4 members (excludes halogenated alkanes) is 3. The predicted molar refractivity (Wildman–Crippen MR) is 40.5 cm³/mol. The van der Waals surface area contributed by atoms with Crippen LogP contribution in [0.15, 0.2) is 0 Å². The molecule has 0 aromatic rings. The molecule has 0 fully saturated rings.